The molecule has 0 radical (unpaired) electrons. The van der Waals surface area contributed by atoms with Crippen LogP contribution in [0.15, 0.2) is 82.1 Å². The molecule has 30 heavy (non-hydrogen) atoms. The van der Waals surface area contributed by atoms with E-state index in [-0.39, 0.29) is 5.91 Å². The average molecular weight is 400 g/mol. The molecule has 4 aromatic rings. The van der Waals surface area contributed by atoms with Crippen LogP contribution in [0.1, 0.15) is 12.5 Å². The summed E-state index contributed by atoms with van der Waals surface area (Å²) in [5.74, 6) is 0.547. The van der Waals surface area contributed by atoms with E-state index >= 15 is 0 Å². The highest BCUT2D eigenvalue weighted by molar-refractivity contribution is 5.95. The van der Waals surface area contributed by atoms with Gasteiger partial charge in [0.2, 0.25) is 0 Å². The van der Waals surface area contributed by atoms with E-state index in [4.69, 9.17) is 9.15 Å². The van der Waals surface area contributed by atoms with Crippen LogP contribution in [0.4, 0.5) is 5.82 Å². The normalized spacial score (nSPS) is 11.8. The molecule has 0 spiro atoms. The highest BCUT2D eigenvalue weighted by Crippen LogP contribution is 2.31. The number of benzene rings is 2. The van der Waals surface area contributed by atoms with E-state index in [1.807, 2.05) is 37.3 Å². The van der Waals surface area contributed by atoms with Gasteiger partial charge in [-0.25, -0.2) is 9.78 Å². The second kappa shape index (κ2) is 8.21. The number of amides is 1. The summed E-state index contributed by atoms with van der Waals surface area (Å²) in [4.78, 5) is 28.6. The summed E-state index contributed by atoms with van der Waals surface area (Å²) in [6, 6.07) is 19.8. The van der Waals surface area contributed by atoms with Gasteiger partial charge in [-0.3, -0.25) is 4.79 Å². The lowest BCUT2D eigenvalue weighted by Gasteiger charge is -2.15. The van der Waals surface area contributed by atoms with Gasteiger partial charge in [0.25, 0.3) is 5.91 Å². The number of carbonyl (C=O) groups is 1. The van der Waals surface area contributed by atoms with Gasteiger partial charge in [-0.15, -0.1) is 0 Å². The van der Waals surface area contributed by atoms with Crippen molar-refractivity contribution in [2.24, 2.45) is 0 Å². The fraction of sp³-hybridized carbons (Fsp3) is 0.125. The minimum Gasteiger partial charge on any atom is -0.481 e. The highest BCUT2D eigenvalue weighted by Gasteiger charge is 2.17. The molecule has 1 unspecified atom stereocenters. The van der Waals surface area contributed by atoms with Crippen molar-refractivity contribution in [1.29, 1.82) is 0 Å². The molecule has 1 atom stereocenters. The fourth-order valence-corrected chi connectivity index (χ4v) is 3.24. The smallest absolute Gasteiger partial charge is 0.336 e. The number of nitrogens with one attached hydrogen (secondary N) is 1. The SMILES string of the molecule is Cc1ccccc1-c1cc(=O)oc2cc(OC(C)C(=O)Nc3ccccn3)ccc12. The summed E-state index contributed by atoms with van der Waals surface area (Å²) < 4.78 is 11.2. The molecule has 4 rings (SSSR count). The molecule has 1 amide bonds. The Hall–Kier alpha value is -3.93. The van der Waals surface area contributed by atoms with Crippen LogP contribution in [0, 0.1) is 6.92 Å². The number of hydrogen-bond acceptors (Lipinski definition) is 5. The molecule has 0 saturated heterocycles. The molecule has 0 bridgehead atoms. The highest BCUT2D eigenvalue weighted by atomic mass is 16.5. The van der Waals surface area contributed by atoms with Crippen LogP contribution in [0.25, 0.3) is 22.1 Å². The zero-order chi connectivity index (χ0) is 21.1. The maximum Gasteiger partial charge on any atom is 0.336 e. The van der Waals surface area contributed by atoms with Crippen LogP contribution < -0.4 is 15.7 Å². The number of aryl methyl sites for hydroxylation is 1. The lowest BCUT2D eigenvalue weighted by Crippen LogP contribution is -2.30. The number of nitrogens with zero attached hydrogens (tertiary/aromatic N) is 1. The predicted molar refractivity (Wildman–Crippen MR) is 116 cm³/mol. The van der Waals surface area contributed by atoms with Gasteiger partial charge in [0.1, 0.15) is 17.2 Å². The third-order valence-electron chi connectivity index (χ3n) is 4.75. The van der Waals surface area contributed by atoms with Crippen molar-refractivity contribution in [3.63, 3.8) is 0 Å². The van der Waals surface area contributed by atoms with Crippen LogP contribution in [0.3, 0.4) is 0 Å². The first-order chi connectivity index (χ1) is 14.5. The van der Waals surface area contributed by atoms with Crippen molar-refractivity contribution in [3.8, 4) is 16.9 Å². The summed E-state index contributed by atoms with van der Waals surface area (Å²) >= 11 is 0. The second-order valence-corrected chi connectivity index (χ2v) is 6.92. The summed E-state index contributed by atoms with van der Waals surface area (Å²) in [5, 5.41) is 3.49. The number of carbonyl (C=O) groups excluding carboxylic acids is 1. The van der Waals surface area contributed by atoms with Crippen molar-refractivity contribution >= 4 is 22.7 Å². The molecule has 0 fully saturated rings. The summed E-state index contributed by atoms with van der Waals surface area (Å²) in [6.07, 6.45) is 0.828. The van der Waals surface area contributed by atoms with E-state index in [0.29, 0.717) is 17.2 Å². The number of anilines is 1. The molecule has 0 aliphatic rings. The van der Waals surface area contributed by atoms with Gasteiger partial charge in [0.15, 0.2) is 6.10 Å². The first kappa shape index (κ1) is 19.4. The van der Waals surface area contributed by atoms with Crippen LogP contribution in [0.2, 0.25) is 0 Å². The maximum absolute atomic E-state index is 12.4. The van der Waals surface area contributed by atoms with Crippen molar-refractivity contribution < 1.29 is 13.9 Å². The molecule has 6 nitrogen and oxygen atoms in total. The molecule has 2 heterocycles. The van der Waals surface area contributed by atoms with E-state index in [2.05, 4.69) is 10.3 Å². The first-order valence-electron chi connectivity index (χ1n) is 9.54. The lowest BCUT2D eigenvalue weighted by atomic mass is 9.98. The Morgan fingerprint density at radius 3 is 2.60 bits per heavy atom. The topological polar surface area (TPSA) is 81.4 Å². The molecule has 2 aromatic carbocycles. The van der Waals surface area contributed by atoms with Crippen LogP contribution in [-0.4, -0.2) is 17.0 Å². The summed E-state index contributed by atoms with van der Waals surface area (Å²) in [6.45, 7) is 3.64. The molecule has 0 aliphatic carbocycles. The second-order valence-electron chi connectivity index (χ2n) is 6.92. The molecular weight excluding hydrogens is 380 g/mol. The zero-order valence-corrected chi connectivity index (χ0v) is 16.6. The van der Waals surface area contributed by atoms with Gasteiger partial charge in [-0.2, -0.15) is 0 Å². The molecule has 0 saturated carbocycles. The van der Waals surface area contributed by atoms with Gasteiger partial charge in [-0.1, -0.05) is 30.3 Å². The lowest BCUT2D eigenvalue weighted by molar-refractivity contribution is -0.122. The molecule has 0 aliphatic heterocycles. The van der Waals surface area contributed by atoms with E-state index < -0.39 is 11.7 Å². The number of pyridine rings is 1. The third-order valence-corrected chi connectivity index (χ3v) is 4.75. The van der Waals surface area contributed by atoms with Gasteiger partial charge >= 0.3 is 5.63 Å². The van der Waals surface area contributed by atoms with Crippen LogP contribution in [0.5, 0.6) is 5.75 Å². The van der Waals surface area contributed by atoms with Crippen LogP contribution >= 0.6 is 0 Å². The molecule has 6 heteroatoms. The van der Waals surface area contributed by atoms with Gasteiger partial charge in [0, 0.05) is 29.3 Å². The zero-order valence-electron chi connectivity index (χ0n) is 16.6. The molecule has 2 aromatic heterocycles. The van der Waals surface area contributed by atoms with Crippen molar-refractivity contribution in [2.45, 2.75) is 20.0 Å². The Morgan fingerprint density at radius 2 is 1.83 bits per heavy atom. The third kappa shape index (κ3) is 4.07. The average Bonchev–Trinajstić information content (AvgIpc) is 2.74. The van der Waals surface area contributed by atoms with E-state index in [1.165, 1.54) is 6.07 Å². The minimum absolute atomic E-state index is 0.330. The maximum atomic E-state index is 12.4. The summed E-state index contributed by atoms with van der Waals surface area (Å²) in [7, 11) is 0. The summed E-state index contributed by atoms with van der Waals surface area (Å²) in [5.41, 5.74) is 2.78. The number of hydrogen-bond donors (Lipinski definition) is 1. The Kier molecular flexibility index (Phi) is 5.30. The molecule has 150 valence electrons. The van der Waals surface area contributed by atoms with E-state index in [0.717, 1.165) is 22.1 Å². The Labute approximate surface area is 173 Å². The number of fused-ring (bicyclic) bond motifs is 1. The van der Waals surface area contributed by atoms with E-state index in [1.54, 1.807) is 43.5 Å². The van der Waals surface area contributed by atoms with Gasteiger partial charge < -0.3 is 14.5 Å². The van der Waals surface area contributed by atoms with Crippen molar-refractivity contribution in [3.05, 3.63) is 88.9 Å². The van der Waals surface area contributed by atoms with Crippen LogP contribution in [-0.2, 0) is 4.79 Å². The monoisotopic (exact) mass is 400 g/mol. The Morgan fingerprint density at radius 1 is 1.03 bits per heavy atom. The minimum atomic E-state index is -0.768. The van der Waals surface area contributed by atoms with Crippen molar-refractivity contribution in [2.75, 3.05) is 5.32 Å². The Bertz CT molecular complexity index is 1270. The number of ether oxygens (including phenoxy) is 1. The molecular formula is C24H20N2O4. The Balaban J connectivity index is 1.62. The first-order valence-corrected chi connectivity index (χ1v) is 9.54. The number of rotatable bonds is 5. The largest absolute Gasteiger partial charge is 0.481 e. The fourth-order valence-electron chi connectivity index (χ4n) is 3.24. The standard InChI is InChI=1S/C24H20N2O4/c1-15-7-3-4-8-18(15)20-14-23(27)30-21-13-17(10-11-19(20)21)29-16(2)24(28)26-22-9-5-6-12-25-22/h3-14,16H,1-2H3,(H,25,26,28). The van der Waals surface area contributed by atoms with Crippen molar-refractivity contribution in [1.82, 2.24) is 4.98 Å². The van der Waals surface area contributed by atoms with E-state index in [9.17, 15) is 9.59 Å². The van der Waals surface area contributed by atoms with Gasteiger partial charge in [0.05, 0.1) is 0 Å². The predicted octanol–water partition coefficient (Wildman–Crippen LogP) is 4.57. The van der Waals surface area contributed by atoms with Gasteiger partial charge in [-0.05, 0) is 49.2 Å². The number of aromatic nitrogens is 1. The molecule has 1 N–H and O–H groups in total. The quantitative estimate of drug-likeness (QED) is 0.496.